The Morgan fingerprint density at radius 1 is 1.07 bits per heavy atom. The van der Waals surface area contributed by atoms with Gasteiger partial charge in [-0.3, -0.25) is 19.4 Å². The molecule has 0 aromatic heterocycles. The summed E-state index contributed by atoms with van der Waals surface area (Å²) in [6.45, 7) is 3.87. The number of hydrogen-bond acceptors (Lipinski definition) is 11. The van der Waals surface area contributed by atoms with Gasteiger partial charge >= 0.3 is 5.97 Å². The van der Waals surface area contributed by atoms with Crippen molar-refractivity contribution in [1.29, 1.82) is 0 Å². The number of hydrogen-bond donors (Lipinski definition) is 5. The normalized spacial score (nSPS) is 20.6. The molecule has 2 amide bonds. The van der Waals surface area contributed by atoms with Gasteiger partial charge in [0, 0.05) is 25.9 Å². The lowest BCUT2D eigenvalue weighted by Crippen LogP contribution is -2.54. The number of halogens is 1. The van der Waals surface area contributed by atoms with E-state index in [2.05, 4.69) is 41.3 Å². The van der Waals surface area contributed by atoms with Gasteiger partial charge in [0.15, 0.2) is 17.0 Å². The Morgan fingerprint density at radius 2 is 1.71 bits per heavy atom. The fourth-order valence-corrected chi connectivity index (χ4v) is 5.39. The van der Waals surface area contributed by atoms with Crippen molar-refractivity contribution in [3.8, 4) is 0 Å². The summed E-state index contributed by atoms with van der Waals surface area (Å²) in [6.07, 6.45) is 4.01. The predicted molar refractivity (Wildman–Crippen MR) is 165 cm³/mol. The molecule has 4 rings (SSSR count). The van der Waals surface area contributed by atoms with Crippen LogP contribution in [0.3, 0.4) is 0 Å². The van der Waals surface area contributed by atoms with E-state index >= 15 is 0 Å². The van der Waals surface area contributed by atoms with E-state index in [0.29, 0.717) is 64.8 Å². The lowest BCUT2D eigenvalue weighted by molar-refractivity contribution is -0.143. The molecule has 45 heavy (non-hydrogen) atoms. The van der Waals surface area contributed by atoms with Crippen LogP contribution in [0, 0.1) is 0 Å². The number of hydrazine groups is 1. The summed E-state index contributed by atoms with van der Waals surface area (Å²) in [7, 11) is 0. The number of carbonyl (C=O) groups excluding carboxylic acids is 3. The Bertz CT molecular complexity index is 1400. The van der Waals surface area contributed by atoms with Crippen molar-refractivity contribution in [2.24, 2.45) is 48.2 Å². The van der Waals surface area contributed by atoms with Crippen molar-refractivity contribution < 1.29 is 19.1 Å². The van der Waals surface area contributed by atoms with E-state index in [1.165, 1.54) is 5.01 Å². The Hall–Kier alpha value is -4.64. The Balaban J connectivity index is 1.27. The number of nitrogens with two attached hydrogens (primary N) is 3. The molecule has 1 aromatic carbocycles. The summed E-state index contributed by atoms with van der Waals surface area (Å²) in [6, 6.07) is 6.77. The van der Waals surface area contributed by atoms with Gasteiger partial charge in [0.25, 0.3) is 5.91 Å². The summed E-state index contributed by atoms with van der Waals surface area (Å²) in [4.78, 5) is 47.8. The standard InChI is InChI=1S/C27H38ClN13O4/c1-2-15-45-20(43)10-8-18-5-3-17(4-6-18)7-9-19(42)40-13-11-27(12-14-40)16-41(31)26(35-27)34-25(44)21-23(36-38-29)33-24(37-39-30)22(28)32-21/h3-6,21,32H,2,7-16,31H2,1H3,(H2,30,37)(H2,29,33,36)(H,34,35,44). The first-order valence-electron chi connectivity index (χ1n) is 14.6. The van der Waals surface area contributed by atoms with Crippen LogP contribution in [0.2, 0.25) is 0 Å². The highest BCUT2D eigenvalue weighted by molar-refractivity contribution is 6.30. The number of guanidine groups is 1. The molecule has 3 aliphatic heterocycles. The first-order chi connectivity index (χ1) is 21.7. The molecule has 3 aliphatic rings. The molecule has 242 valence electrons. The number of amides is 2. The molecular formula is C27H38ClN13O4. The van der Waals surface area contributed by atoms with Gasteiger partial charge in [-0.05, 0) is 43.2 Å². The van der Waals surface area contributed by atoms with Crippen molar-refractivity contribution in [1.82, 2.24) is 20.5 Å². The number of ether oxygens (including phenoxy) is 1. The molecule has 0 bridgehead atoms. The van der Waals surface area contributed by atoms with E-state index < -0.39 is 17.5 Å². The van der Waals surface area contributed by atoms with Gasteiger partial charge in [-0.1, -0.05) is 53.2 Å². The number of esters is 1. The number of rotatable bonds is 10. The van der Waals surface area contributed by atoms with Crippen LogP contribution in [0.15, 0.2) is 65.9 Å². The summed E-state index contributed by atoms with van der Waals surface area (Å²) in [5.74, 6) is 15.5. The number of likely N-dealkylation sites (tertiary alicyclic amines) is 1. The van der Waals surface area contributed by atoms with Crippen molar-refractivity contribution in [3.05, 3.63) is 46.4 Å². The highest BCUT2D eigenvalue weighted by Gasteiger charge is 2.44. The molecule has 0 aliphatic carbocycles. The van der Waals surface area contributed by atoms with Crippen LogP contribution >= 0.6 is 11.6 Å². The molecule has 18 heteroatoms. The third-order valence-electron chi connectivity index (χ3n) is 7.65. The molecule has 0 radical (unpaired) electrons. The molecule has 8 N–H and O–H groups in total. The topological polar surface area (TPSA) is 243 Å². The molecular weight excluding hydrogens is 606 g/mol. The number of nitrogens with one attached hydrogen (secondary N) is 2. The minimum Gasteiger partial charge on any atom is -0.466 e. The van der Waals surface area contributed by atoms with E-state index in [1.54, 1.807) is 0 Å². The zero-order valence-electron chi connectivity index (χ0n) is 25.0. The molecule has 2 fully saturated rings. The largest absolute Gasteiger partial charge is 0.466 e. The molecule has 1 atom stereocenters. The summed E-state index contributed by atoms with van der Waals surface area (Å²) < 4.78 is 5.12. The smallest absolute Gasteiger partial charge is 0.306 e. The third kappa shape index (κ3) is 8.72. The number of benzene rings is 1. The quantitative estimate of drug-likeness (QED) is 0.0793. The fraction of sp³-hybridized carbons (Fsp3) is 0.519. The second-order valence-electron chi connectivity index (χ2n) is 10.8. The second kappa shape index (κ2) is 15.4. The first kappa shape index (κ1) is 33.3. The third-order valence-corrected chi connectivity index (χ3v) is 7.93. The van der Waals surface area contributed by atoms with Crippen LogP contribution in [0.1, 0.15) is 50.2 Å². The molecule has 1 aromatic rings. The maximum absolute atomic E-state index is 13.1. The van der Waals surface area contributed by atoms with E-state index in [0.717, 1.165) is 17.5 Å². The van der Waals surface area contributed by atoms with Crippen molar-refractivity contribution >= 4 is 41.2 Å². The van der Waals surface area contributed by atoms with E-state index in [4.69, 9.17) is 33.9 Å². The van der Waals surface area contributed by atoms with Crippen LogP contribution in [0.5, 0.6) is 0 Å². The number of carbonyl (C=O) groups is 3. The maximum atomic E-state index is 13.1. The zero-order valence-corrected chi connectivity index (χ0v) is 25.7. The van der Waals surface area contributed by atoms with Crippen molar-refractivity contribution in [2.75, 3.05) is 26.2 Å². The van der Waals surface area contributed by atoms with Crippen molar-refractivity contribution in [3.63, 3.8) is 0 Å². The average Bonchev–Trinajstić information content (AvgIpc) is 3.33. The van der Waals surface area contributed by atoms with Crippen molar-refractivity contribution in [2.45, 2.75) is 63.5 Å². The lowest BCUT2D eigenvalue weighted by atomic mass is 9.88. The Morgan fingerprint density at radius 3 is 2.33 bits per heavy atom. The number of nitrogens with zero attached hydrogens (tertiary/aromatic N) is 8. The van der Waals surface area contributed by atoms with Gasteiger partial charge in [0.2, 0.25) is 17.7 Å². The molecule has 17 nitrogen and oxygen atoms in total. The summed E-state index contributed by atoms with van der Waals surface area (Å²) in [5, 5.41) is 20.8. The SMILES string of the molecule is CCCOC(=O)CCc1ccc(CCC(=O)N2CCC3(CC2)CN(N)/C(=N\C(=O)C2NC(Cl)=C(N=NN)N=C2N=NN)N3)cc1. The fourth-order valence-electron chi connectivity index (χ4n) is 5.20. The molecule has 3 heterocycles. The van der Waals surface area contributed by atoms with Gasteiger partial charge in [0.05, 0.1) is 18.7 Å². The second-order valence-corrected chi connectivity index (χ2v) is 11.2. The van der Waals surface area contributed by atoms with Gasteiger partial charge in [-0.2, -0.15) is 4.99 Å². The Labute approximate surface area is 265 Å². The van der Waals surface area contributed by atoms with E-state index in [9.17, 15) is 14.4 Å². The first-order valence-corrected chi connectivity index (χ1v) is 15.0. The molecule has 2 saturated heterocycles. The van der Waals surface area contributed by atoms with Gasteiger partial charge < -0.3 is 32.0 Å². The average molecular weight is 644 g/mol. The van der Waals surface area contributed by atoms with Crippen LogP contribution in [0.25, 0.3) is 0 Å². The lowest BCUT2D eigenvalue weighted by Gasteiger charge is -2.38. The van der Waals surface area contributed by atoms with E-state index in [-0.39, 0.29) is 34.6 Å². The van der Waals surface area contributed by atoms with Crippen LogP contribution in [-0.2, 0) is 32.0 Å². The number of aliphatic imine (C=N–C) groups is 2. The number of aryl methyl sites for hydroxylation is 2. The van der Waals surface area contributed by atoms with Crippen LogP contribution < -0.4 is 28.2 Å². The van der Waals surface area contributed by atoms with E-state index in [1.807, 2.05) is 36.1 Å². The predicted octanol–water partition coefficient (Wildman–Crippen LogP) is 0.915. The van der Waals surface area contributed by atoms with Crippen LogP contribution in [-0.4, -0.2) is 77.3 Å². The maximum Gasteiger partial charge on any atom is 0.306 e. The summed E-state index contributed by atoms with van der Waals surface area (Å²) >= 11 is 6.11. The minimum atomic E-state index is -1.20. The van der Waals surface area contributed by atoms with Gasteiger partial charge in [-0.15, -0.1) is 10.2 Å². The zero-order chi connectivity index (χ0) is 32.4. The number of piperidine rings is 1. The van der Waals surface area contributed by atoms with Gasteiger partial charge in [-0.25, -0.2) is 10.8 Å². The van der Waals surface area contributed by atoms with Crippen LogP contribution in [0.4, 0.5) is 0 Å². The minimum absolute atomic E-state index is 0.0713. The highest BCUT2D eigenvalue weighted by Crippen LogP contribution is 2.28. The van der Waals surface area contributed by atoms with Gasteiger partial charge in [0.1, 0.15) is 0 Å². The Kier molecular flexibility index (Phi) is 11.4. The number of amidine groups is 1. The molecule has 0 saturated carbocycles. The monoisotopic (exact) mass is 643 g/mol. The molecule has 1 unspecified atom stereocenters. The highest BCUT2D eigenvalue weighted by atomic mass is 35.5. The molecule has 1 spiro atoms. The summed E-state index contributed by atoms with van der Waals surface area (Å²) in [5.41, 5.74) is 1.65.